The van der Waals surface area contributed by atoms with E-state index in [4.69, 9.17) is 5.11 Å². The van der Waals surface area contributed by atoms with Crippen molar-refractivity contribution in [1.82, 2.24) is 25.0 Å². The Bertz CT molecular complexity index is 1470. The van der Waals surface area contributed by atoms with Gasteiger partial charge in [-0.05, 0) is 68.7 Å². The molecule has 1 atom stereocenters. The van der Waals surface area contributed by atoms with E-state index in [1.165, 1.54) is 12.8 Å². The van der Waals surface area contributed by atoms with Crippen molar-refractivity contribution in [2.75, 3.05) is 53.1 Å². The largest absolute Gasteiger partial charge is 0.395 e. The molecule has 1 saturated carbocycles. The van der Waals surface area contributed by atoms with E-state index in [1.54, 1.807) is 16.9 Å². The minimum atomic E-state index is -3.66. The number of hydrogen-bond donors (Lipinski definition) is 2. The summed E-state index contributed by atoms with van der Waals surface area (Å²) in [6, 6.07) is 7.17. The minimum absolute atomic E-state index is 0.282. The molecule has 1 aromatic carbocycles. The first-order valence-electron chi connectivity index (χ1n) is 13.4. The quantitative estimate of drug-likeness (QED) is 0.430. The molecule has 2 N–H and O–H groups in total. The zero-order valence-electron chi connectivity index (χ0n) is 21.9. The van der Waals surface area contributed by atoms with Gasteiger partial charge in [-0.1, -0.05) is 5.21 Å². The second kappa shape index (κ2) is 10.0. The molecule has 1 unspecified atom stereocenters. The van der Waals surface area contributed by atoms with Crippen LogP contribution in [0.1, 0.15) is 37.8 Å². The van der Waals surface area contributed by atoms with Crippen molar-refractivity contribution >= 4 is 27.3 Å². The number of aromatic nitrogens is 5. The smallest absolute Gasteiger partial charge is 0.234 e. The number of piperidine rings is 1. The molecule has 2 saturated heterocycles. The van der Waals surface area contributed by atoms with Crippen LogP contribution in [-0.4, -0.2) is 83.2 Å². The number of anilines is 3. The van der Waals surface area contributed by atoms with Gasteiger partial charge in [0.25, 0.3) is 0 Å². The molecular formula is C26H33FN8O3S. The van der Waals surface area contributed by atoms with Gasteiger partial charge in [0.15, 0.2) is 0 Å². The highest BCUT2D eigenvalue weighted by Gasteiger charge is 2.44. The highest BCUT2D eigenvalue weighted by Crippen LogP contribution is 2.54. The number of rotatable bonds is 8. The fourth-order valence-corrected chi connectivity index (χ4v) is 6.34. The summed E-state index contributed by atoms with van der Waals surface area (Å²) < 4.78 is 42.7. The maximum atomic E-state index is 13.8. The number of alkyl halides is 1. The average molecular weight is 557 g/mol. The van der Waals surface area contributed by atoms with Crippen molar-refractivity contribution in [2.45, 2.75) is 45.2 Å². The molecular weight excluding hydrogens is 523 g/mol. The molecule has 13 heteroatoms. The highest BCUT2D eigenvalue weighted by molar-refractivity contribution is 7.92. The lowest BCUT2D eigenvalue weighted by Gasteiger charge is -2.35. The second-order valence-corrected chi connectivity index (χ2v) is 12.8. The van der Waals surface area contributed by atoms with Gasteiger partial charge in [-0.15, -0.1) is 5.10 Å². The molecule has 0 radical (unpaired) electrons. The van der Waals surface area contributed by atoms with E-state index in [9.17, 15) is 12.8 Å². The first kappa shape index (κ1) is 25.9. The van der Waals surface area contributed by atoms with Crippen LogP contribution in [0.5, 0.6) is 0 Å². The zero-order chi connectivity index (χ0) is 27.2. The lowest BCUT2D eigenvalue weighted by Crippen LogP contribution is -2.35. The van der Waals surface area contributed by atoms with Crippen LogP contribution in [0.15, 0.2) is 30.5 Å². The molecule has 3 fully saturated rings. The maximum Gasteiger partial charge on any atom is 0.234 e. The van der Waals surface area contributed by atoms with E-state index in [0.29, 0.717) is 41.4 Å². The van der Waals surface area contributed by atoms with Crippen LogP contribution in [0.4, 0.5) is 21.7 Å². The van der Waals surface area contributed by atoms with Crippen LogP contribution in [0.25, 0.3) is 17.1 Å². The van der Waals surface area contributed by atoms with Gasteiger partial charge >= 0.3 is 0 Å². The average Bonchev–Trinajstić information content (AvgIpc) is 3.26. The second-order valence-electron chi connectivity index (χ2n) is 10.9. The predicted octanol–water partition coefficient (Wildman–Crippen LogP) is 2.70. The van der Waals surface area contributed by atoms with Gasteiger partial charge in [0, 0.05) is 25.3 Å². The third-order valence-electron chi connectivity index (χ3n) is 7.99. The standard InChI is InChI=1S/C26H33FN8O3S/c1-18-14-21(29-25(28-18)34-9-4-19(27)16-34)22-17-35(32-30-22)23-3-2-20(31-39(37,38)13-12-36)15-24(23)33-10-7-26(5-6-26)8-11-33/h2-3,14-15,17,19,31,36H,4-13,16H2,1H3. The molecule has 11 nitrogen and oxygen atoms in total. The van der Waals surface area contributed by atoms with E-state index in [0.717, 1.165) is 43.0 Å². The van der Waals surface area contributed by atoms with Crippen molar-refractivity contribution in [3.8, 4) is 17.1 Å². The Morgan fingerprint density at radius 1 is 1.05 bits per heavy atom. The van der Waals surface area contributed by atoms with E-state index >= 15 is 0 Å². The number of aliphatic hydroxyl groups excluding tert-OH is 1. The van der Waals surface area contributed by atoms with Gasteiger partial charge < -0.3 is 14.9 Å². The van der Waals surface area contributed by atoms with Gasteiger partial charge in [0.05, 0.1) is 47.9 Å². The van der Waals surface area contributed by atoms with Gasteiger partial charge in [-0.25, -0.2) is 27.5 Å². The molecule has 1 spiro atoms. The molecule has 39 heavy (non-hydrogen) atoms. The molecule has 6 rings (SSSR count). The molecule has 3 aliphatic rings. The molecule has 0 amide bonds. The Hall–Kier alpha value is -3.32. The third kappa shape index (κ3) is 5.55. The summed E-state index contributed by atoms with van der Waals surface area (Å²) >= 11 is 0. The fraction of sp³-hybridized carbons (Fsp3) is 0.538. The van der Waals surface area contributed by atoms with E-state index in [2.05, 4.69) is 29.9 Å². The Balaban J connectivity index is 1.32. The maximum absolute atomic E-state index is 13.8. The Morgan fingerprint density at radius 2 is 1.85 bits per heavy atom. The SMILES string of the molecule is Cc1cc(-c2cn(-c3ccc(NS(=O)(=O)CCO)cc3N3CCC4(CC3)CC4)nn2)nc(N2CCC(F)C2)n1. The number of sulfonamides is 1. The Labute approximate surface area is 227 Å². The molecule has 208 valence electrons. The summed E-state index contributed by atoms with van der Waals surface area (Å²) in [5.41, 5.74) is 4.48. The number of halogens is 1. The van der Waals surface area contributed by atoms with Crippen molar-refractivity contribution in [1.29, 1.82) is 0 Å². The van der Waals surface area contributed by atoms with Gasteiger partial charge in [-0.2, -0.15) is 0 Å². The van der Waals surface area contributed by atoms with Gasteiger partial charge in [0.2, 0.25) is 16.0 Å². The first-order valence-corrected chi connectivity index (χ1v) is 15.1. The van der Waals surface area contributed by atoms with Crippen LogP contribution in [0, 0.1) is 12.3 Å². The molecule has 2 aromatic heterocycles. The first-order chi connectivity index (χ1) is 18.7. The van der Waals surface area contributed by atoms with Crippen molar-refractivity contribution < 1.29 is 17.9 Å². The lowest BCUT2D eigenvalue weighted by molar-refractivity contribution is 0.320. The highest BCUT2D eigenvalue weighted by atomic mass is 32.2. The molecule has 1 aliphatic carbocycles. The van der Waals surface area contributed by atoms with Crippen LogP contribution in [0.2, 0.25) is 0 Å². The van der Waals surface area contributed by atoms with Crippen LogP contribution < -0.4 is 14.5 Å². The Kier molecular flexibility index (Phi) is 6.66. The van der Waals surface area contributed by atoms with Crippen LogP contribution in [0.3, 0.4) is 0 Å². The fourth-order valence-electron chi connectivity index (χ4n) is 5.51. The zero-order valence-corrected chi connectivity index (χ0v) is 22.7. The van der Waals surface area contributed by atoms with E-state index < -0.39 is 22.8 Å². The summed E-state index contributed by atoms with van der Waals surface area (Å²) in [5.74, 6) is 0.120. The minimum Gasteiger partial charge on any atom is -0.395 e. The van der Waals surface area contributed by atoms with Gasteiger partial charge in [0.1, 0.15) is 11.9 Å². The van der Waals surface area contributed by atoms with E-state index in [-0.39, 0.29) is 12.3 Å². The normalized spacial score (nSPS) is 20.5. The number of nitrogens with zero attached hydrogens (tertiary/aromatic N) is 7. The number of hydrogen-bond acceptors (Lipinski definition) is 9. The predicted molar refractivity (Wildman–Crippen MR) is 146 cm³/mol. The van der Waals surface area contributed by atoms with Crippen LogP contribution in [-0.2, 0) is 10.0 Å². The third-order valence-corrected chi connectivity index (χ3v) is 9.26. The number of benzene rings is 1. The molecule has 4 heterocycles. The summed E-state index contributed by atoms with van der Waals surface area (Å²) in [7, 11) is -3.66. The van der Waals surface area contributed by atoms with Crippen molar-refractivity contribution in [2.24, 2.45) is 5.41 Å². The Morgan fingerprint density at radius 3 is 2.54 bits per heavy atom. The monoisotopic (exact) mass is 556 g/mol. The van der Waals surface area contributed by atoms with Crippen molar-refractivity contribution in [3.05, 3.63) is 36.2 Å². The number of aryl methyl sites for hydroxylation is 1. The number of nitrogens with one attached hydrogen (secondary N) is 1. The van der Waals surface area contributed by atoms with E-state index in [1.807, 2.05) is 30.0 Å². The molecule has 2 aliphatic heterocycles. The summed E-state index contributed by atoms with van der Waals surface area (Å²) in [6.45, 7) is 4.03. The number of aliphatic hydroxyl groups is 1. The molecule has 0 bridgehead atoms. The summed E-state index contributed by atoms with van der Waals surface area (Å²) in [4.78, 5) is 13.3. The lowest BCUT2D eigenvalue weighted by atomic mass is 9.93. The topological polar surface area (TPSA) is 129 Å². The van der Waals surface area contributed by atoms with Crippen molar-refractivity contribution in [3.63, 3.8) is 0 Å². The molecule has 3 aromatic rings. The van der Waals surface area contributed by atoms with Gasteiger partial charge in [-0.3, -0.25) is 4.72 Å². The summed E-state index contributed by atoms with van der Waals surface area (Å²) in [5, 5.41) is 17.9. The van der Waals surface area contributed by atoms with Crippen LogP contribution >= 0.6 is 0 Å². The summed E-state index contributed by atoms with van der Waals surface area (Å²) in [6.07, 6.45) is 6.17.